The number of hydrogen-bond donors (Lipinski definition) is 0. The smallest absolute Gasteiger partial charge is 0.338 e. The quantitative estimate of drug-likeness (QED) is 0.668. The molecule has 6 heteroatoms. The molecule has 3 aromatic rings. The largest absolute Gasteiger partial charge is 0.462 e. The Morgan fingerprint density at radius 3 is 2.40 bits per heavy atom. The lowest BCUT2D eigenvalue weighted by atomic mass is 10.1. The summed E-state index contributed by atoms with van der Waals surface area (Å²) >= 11 is 0. The highest BCUT2D eigenvalue weighted by Gasteiger charge is 2.21. The normalized spacial score (nSPS) is 11.6. The monoisotopic (exact) mass is 357 g/mol. The van der Waals surface area contributed by atoms with Gasteiger partial charge in [0.05, 0.1) is 22.6 Å². The average Bonchev–Trinajstić information content (AvgIpc) is 2.92. The van der Waals surface area contributed by atoms with Gasteiger partial charge in [-0.15, -0.1) is 0 Å². The minimum Gasteiger partial charge on any atom is -0.462 e. The number of fused-ring (bicyclic) bond motifs is 1. The van der Waals surface area contributed by atoms with Crippen LogP contribution in [0.25, 0.3) is 10.9 Å². The fourth-order valence-corrected chi connectivity index (χ4v) is 4.14. The second-order valence-corrected chi connectivity index (χ2v) is 7.69. The lowest BCUT2D eigenvalue weighted by molar-refractivity contribution is 0.0526. The van der Waals surface area contributed by atoms with E-state index in [0.717, 1.165) is 16.5 Å². The van der Waals surface area contributed by atoms with Crippen LogP contribution in [0.5, 0.6) is 0 Å². The second kappa shape index (κ2) is 6.37. The van der Waals surface area contributed by atoms with Crippen molar-refractivity contribution < 1.29 is 17.9 Å². The van der Waals surface area contributed by atoms with Gasteiger partial charge in [0.25, 0.3) is 10.0 Å². The van der Waals surface area contributed by atoms with Crippen molar-refractivity contribution in [3.63, 3.8) is 0 Å². The van der Waals surface area contributed by atoms with Gasteiger partial charge in [0.1, 0.15) is 0 Å². The van der Waals surface area contributed by atoms with E-state index < -0.39 is 16.0 Å². The van der Waals surface area contributed by atoms with Crippen LogP contribution in [0.3, 0.4) is 0 Å². The minimum absolute atomic E-state index is 0.205. The Morgan fingerprint density at radius 2 is 1.76 bits per heavy atom. The maximum absolute atomic E-state index is 13.0. The number of aryl methyl sites for hydroxylation is 2. The Hall–Kier alpha value is -2.60. The molecule has 0 spiro atoms. The molecule has 0 aliphatic heterocycles. The molecule has 5 nitrogen and oxygen atoms in total. The van der Waals surface area contributed by atoms with Crippen LogP contribution in [-0.2, 0) is 14.8 Å². The van der Waals surface area contributed by atoms with Crippen molar-refractivity contribution in [2.45, 2.75) is 25.7 Å². The summed E-state index contributed by atoms with van der Waals surface area (Å²) in [7, 11) is -3.75. The van der Waals surface area contributed by atoms with Gasteiger partial charge in [-0.05, 0) is 50.6 Å². The first-order chi connectivity index (χ1) is 11.8. The SMILES string of the molecule is CCOC(=O)c1ccc2c(C)cn(S(=O)(=O)c3ccc(C)cc3)c2c1. The Balaban J connectivity index is 2.20. The predicted octanol–water partition coefficient (Wildman–Crippen LogP) is 3.67. The first kappa shape index (κ1) is 17.2. The number of benzene rings is 2. The molecule has 0 aliphatic rings. The summed E-state index contributed by atoms with van der Waals surface area (Å²) in [6.07, 6.45) is 1.58. The van der Waals surface area contributed by atoms with Crippen molar-refractivity contribution in [1.82, 2.24) is 3.97 Å². The number of aromatic nitrogens is 1. The van der Waals surface area contributed by atoms with Gasteiger partial charge in [-0.3, -0.25) is 0 Å². The fourth-order valence-electron chi connectivity index (χ4n) is 2.73. The summed E-state index contributed by atoms with van der Waals surface area (Å²) < 4.78 is 32.3. The van der Waals surface area contributed by atoms with Crippen LogP contribution in [0.4, 0.5) is 0 Å². The molecule has 0 amide bonds. The fraction of sp³-hybridized carbons (Fsp3) is 0.211. The summed E-state index contributed by atoms with van der Waals surface area (Å²) in [5.41, 5.74) is 2.59. The number of nitrogens with zero attached hydrogens (tertiary/aromatic N) is 1. The summed E-state index contributed by atoms with van der Waals surface area (Å²) in [4.78, 5) is 12.2. The number of rotatable bonds is 4. The zero-order chi connectivity index (χ0) is 18.2. The van der Waals surface area contributed by atoms with Crippen molar-refractivity contribution in [2.24, 2.45) is 0 Å². The first-order valence-electron chi connectivity index (χ1n) is 7.95. The van der Waals surface area contributed by atoms with Crippen LogP contribution < -0.4 is 0 Å². The highest BCUT2D eigenvalue weighted by Crippen LogP contribution is 2.27. The van der Waals surface area contributed by atoms with Gasteiger partial charge >= 0.3 is 5.97 Å². The molecule has 1 heterocycles. The summed E-state index contributed by atoms with van der Waals surface area (Å²) in [5.74, 6) is -0.470. The maximum Gasteiger partial charge on any atom is 0.338 e. The zero-order valence-corrected chi connectivity index (χ0v) is 15.1. The minimum atomic E-state index is -3.75. The van der Waals surface area contributed by atoms with Crippen LogP contribution in [0.1, 0.15) is 28.4 Å². The molecule has 0 aliphatic carbocycles. The van der Waals surface area contributed by atoms with Crippen molar-refractivity contribution in [3.8, 4) is 0 Å². The van der Waals surface area contributed by atoms with E-state index in [2.05, 4.69) is 0 Å². The predicted molar refractivity (Wildman–Crippen MR) is 96.4 cm³/mol. The highest BCUT2D eigenvalue weighted by molar-refractivity contribution is 7.90. The Bertz CT molecular complexity index is 1050. The third kappa shape index (κ3) is 3.05. The van der Waals surface area contributed by atoms with Gasteiger partial charge in [0, 0.05) is 11.6 Å². The molecule has 0 saturated carbocycles. The van der Waals surface area contributed by atoms with Crippen molar-refractivity contribution in [3.05, 3.63) is 65.4 Å². The topological polar surface area (TPSA) is 65.4 Å². The molecule has 0 N–H and O–H groups in total. The van der Waals surface area contributed by atoms with Crippen LogP contribution in [0, 0.1) is 13.8 Å². The summed E-state index contributed by atoms with van der Waals surface area (Å²) in [6.45, 7) is 5.73. The van der Waals surface area contributed by atoms with E-state index in [4.69, 9.17) is 4.74 Å². The summed E-state index contributed by atoms with van der Waals surface area (Å²) in [6, 6.07) is 11.6. The van der Waals surface area contributed by atoms with Crippen LogP contribution in [-0.4, -0.2) is 25.0 Å². The Labute approximate surface area is 146 Å². The van der Waals surface area contributed by atoms with E-state index in [0.29, 0.717) is 11.1 Å². The lowest BCUT2D eigenvalue weighted by Crippen LogP contribution is -2.12. The van der Waals surface area contributed by atoms with E-state index in [9.17, 15) is 13.2 Å². The van der Waals surface area contributed by atoms with Gasteiger partial charge < -0.3 is 4.74 Å². The number of carbonyl (C=O) groups is 1. The first-order valence-corrected chi connectivity index (χ1v) is 9.39. The zero-order valence-electron chi connectivity index (χ0n) is 14.3. The van der Waals surface area contributed by atoms with Gasteiger partial charge in [0.2, 0.25) is 0 Å². The van der Waals surface area contributed by atoms with Crippen LogP contribution >= 0.6 is 0 Å². The molecule has 130 valence electrons. The number of ether oxygens (including phenoxy) is 1. The number of hydrogen-bond acceptors (Lipinski definition) is 4. The molecule has 25 heavy (non-hydrogen) atoms. The average molecular weight is 357 g/mol. The molecule has 0 unspecified atom stereocenters. The number of esters is 1. The van der Waals surface area contributed by atoms with Gasteiger partial charge in [-0.25, -0.2) is 17.2 Å². The molecule has 0 atom stereocenters. The molecular weight excluding hydrogens is 338 g/mol. The Morgan fingerprint density at radius 1 is 1.08 bits per heavy atom. The molecular formula is C19H19NO4S. The molecule has 2 aromatic carbocycles. The Kier molecular flexibility index (Phi) is 4.39. The van der Waals surface area contributed by atoms with E-state index in [1.807, 2.05) is 13.8 Å². The molecule has 1 aromatic heterocycles. The standard InChI is InChI=1S/C19H19NO4S/c1-4-24-19(21)15-7-10-17-14(3)12-20(18(17)11-15)25(22,23)16-8-5-13(2)6-9-16/h5-12H,4H2,1-3H3. The molecule has 3 rings (SSSR count). The van der Waals surface area contributed by atoms with E-state index in [-0.39, 0.29) is 11.5 Å². The van der Waals surface area contributed by atoms with Crippen molar-refractivity contribution >= 4 is 26.9 Å². The third-order valence-electron chi connectivity index (χ3n) is 4.06. The molecule has 0 fully saturated rings. The van der Waals surface area contributed by atoms with Gasteiger partial charge in [-0.1, -0.05) is 23.8 Å². The molecule has 0 bridgehead atoms. The van der Waals surface area contributed by atoms with Gasteiger partial charge in [0.15, 0.2) is 0 Å². The van der Waals surface area contributed by atoms with E-state index >= 15 is 0 Å². The highest BCUT2D eigenvalue weighted by atomic mass is 32.2. The second-order valence-electron chi connectivity index (χ2n) is 5.88. The third-order valence-corrected chi connectivity index (χ3v) is 5.75. The van der Waals surface area contributed by atoms with Crippen LogP contribution in [0.15, 0.2) is 53.6 Å². The van der Waals surface area contributed by atoms with E-state index in [1.54, 1.807) is 55.6 Å². The van der Waals surface area contributed by atoms with Crippen molar-refractivity contribution in [1.29, 1.82) is 0 Å². The van der Waals surface area contributed by atoms with Crippen LogP contribution in [0.2, 0.25) is 0 Å². The van der Waals surface area contributed by atoms with E-state index in [1.165, 1.54) is 3.97 Å². The summed E-state index contributed by atoms with van der Waals surface area (Å²) in [5, 5.41) is 0.781. The molecule has 0 radical (unpaired) electrons. The molecule has 0 saturated heterocycles. The maximum atomic E-state index is 13.0. The number of carbonyl (C=O) groups excluding carboxylic acids is 1. The van der Waals surface area contributed by atoms with Crippen molar-refractivity contribution in [2.75, 3.05) is 6.61 Å². The lowest BCUT2D eigenvalue weighted by Gasteiger charge is -2.09. The van der Waals surface area contributed by atoms with Gasteiger partial charge in [-0.2, -0.15) is 0 Å².